The number of ketones is 1. The highest BCUT2D eigenvalue weighted by Crippen LogP contribution is 2.19. The maximum Gasteiger partial charge on any atom is 0.166 e. The fourth-order valence-corrected chi connectivity index (χ4v) is 1.90. The van der Waals surface area contributed by atoms with E-state index in [9.17, 15) is 4.79 Å². The highest BCUT2D eigenvalue weighted by Gasteiger charge is 2.15. The van der Waals surface area contributed by atoms with Gasteiger partial charge in [-0.15, -0.1) is 0 Å². The first-order chi connectivity index (χ1) is 5.66. The van der Waals surface area contributed by atoms with Crippen LogP contribution in [-0.2, 0) is 0 Å². The van der Waals surface area contributed by atoms with Gasteiger partial charge in [0.15, 0.2) is 5.78 Å². The lowest BCUT2D eigenvalue weighted by molar-refractivity contribution is 0.0927. The summed E-state index contributed by atoms with van der Waals surface area (Å²) in [5, 5.41) is 3.97. The van der Waals surface area contributed by atoms with Crippen LogP contribution in [0.25, 0.3) is 0 Å². The molecule has 12 heavy (non-hydrogen) atoms. The molecule has 0 aromatic carbocycles. The van der Waals surface area contributed by atoms with Crippen molar-refractivity contribution >= 4 is 17.1 Å². The molecule has 0 fully saturated rings. The van der Waals surface area contributed by atoms with Gasteiger partial charge >= 0.3 is 0 Å². The van der Waals surface area contributed by atoms with Crippen molar-refractivity contribution in [2.75, 3.05) is 0 Å². The van der Waals surface area contributed by atoms with Gasteiger partial charge in [0.25, 0.3) is 0 Å². The SMILES string of the molecule is CCC(C)C(=O)c1cscc1C. The molecule has 0 aliphatic carbocycles. The van der Waals surface area contributed by atoms with E-state index in [2.05, 4.69) is 0 Å². The van der Waals surface area contributed by atoms with Gasteiger partial charge in [0.05, 0.1) is 0 Å². The molecule has 1 rings (SSSR count). The average Bonchev–Trinajstić information content (AvgIpc) is 2.48. The van der Waals surface area contributed by atoms with Crippen LogP contribution in [0.3, 0.4) is 0 Å². The molecular weight excluding hydrogens is 168 g/mol. The Morgan fingerprint density at radius 1 is 1.58 bits per heavy atom. The highest BCUT2D eigenvalue weighted by molar-refractivity contribution is 7.08. The van der Waals surface area contributed by atoms with Crippen molar-refractivity contribution in [1.29, 1.82) is 0 Å². The van der Waals surface area contributed by atoms with Crippen molar-refractivity contribution in [2.45, 2.75) is 27.2 Å². The van der Waals surface area contributed by atoms with Gasteiger partial charge in [-0.2, -0.15) is 11.3 Å². The van der Waals surface area contributed by atoms with Crippen LogP contribution in [0.5, 0.6) is 0 Å². The minimum absolute atomic E-state index is 0.165. The summed E-state index contributed by atoms with van der Waals surface area (Å²) in [5.41, 5.74) is 2.03. The van der Waals surface area contributed by atoms with E-state index in [4.69, 9.17) is 0 Å². The predicted octanol–water partition coefficient (Wildman–Crippen LogP) is 3.29. The first kappa shape index (κ1) is 9.46. The van der Waals surface area contributed by atoms with Gasteiger partial charge in [0.1, 0.15) is 0 Å². The summed E-state index contributed by atoms with van der Waals surface area (Å²) in [6.45, 7) is 6.02. The lowest BCUT2D eigenvalue weighted by Crippen LogP contribution is -2.10. The van der Waals surface area contributed by atoms with E-state index in [0.29, 0.717) is 0 Å². The minimum atomic E-state index is 0.165. The second kappa shape index (κ2) is 3.85. The van der Waals surface area contributed by atoms with Gasteiger partial charge in [-0.25, -0.2) is 0 Å². The Kier molecular flexibility index (Phi) is 3.04. The molecule has 2 heteroatoms. The van der Waals surface area contributed by atoms with E-state index in [1.807, 2.05) is 31.5 Å². The third kappa shape index (κ3) is 1.75. The summed E-state index contributed by atoms with van der Waals surface area (Å²) in [6.07, 6.45) is 0.925. The van der Waals surface area contributed by atoms with Crippen molar-refractivity contribution in [3.8, 4) is 0 Å². The largest absolute Gasteiger partial charge is 0.294 e. The van der Waals surface area contributed by atoms with Gasteiger partial charge in [-0.3, -0.25) is 4.79 Å². The summed E-state index contributed by atoms with van der Waals surface area (Å²) in [5.74, 6) is 0.453. The van der Waals surface area contributed by atoms with Crippen molar-refractivity contribution in [3.63, 3.8) is 0 Å². The van der Waals surface area contributed by atoms with Gasteiger partial charge < -0.3 is 0 Å². The molecule has 1 aromatic rings. The van der Waals surface area contributed by atoms with Crippen LogP contribution in [0.15, 0.2) is 10.8 Å². The molecule has 0 spiro atoms. The van der Waals surface area contributed by atoms with E-state index in [1.54, 1.807) is 11.3 Å². The molecule has 1 nitrogen and oxygen atoms in total. The molecule has 0 saturated carbocycles. The van der Waals surface area contributed by atoms with E-state index in [0.717, 1.165) is 17.5 Å². The van der Waals surface area contributed by atoms with Crippen LogP contribution in [0.4, 0.5) is 0 Å². The molecule has 0 bridgehead atoms. The number of rotatable bonds is 3. The quantitative estimate of drug-likeness (QED) is 0.656. The van der Waals surface area contributed by atoms with Gasteiger partial charge in [-0.1, -0.05) is 13.8 Å². The molecule has 0 saturated heterocycles. The third-order valence-electron chi connectivity index (χ3n) is 2.18. The van der Waals surface area contributed by atoms with E-state index < -0.39 is 0 Å². The molecule has 0 aliphatic rings. The molecule has 0 amide bonds. The zero-order valence-corrected chi connectivity index (χ0v) is 8.57. The lowest BCUT2D eigenvalue weighted by atomic mass is 9.97. The zero-order valence-electron chi connectivity index (χ0n) is 7.76. The van der Waals surface area contributed by atoms with Gasteiger partial charge in [0, 0.05) is 16.9 Å². The number of carbonyl (C=O) groups is 1. The first-order valence-electron chi connectivity index (χ1n) is 4.23. The number of aryl methyl sites for hydroxylation is 1. The van der Waals surface area contributed by atoms with Crippen molar-refractivity contribution < 1.29 is 4.79 Å². The first-order valence-corrected chi connectivity index (χ1v) is 5.18. The second-order valence-corrected chi connectivity index (χ2v) is 3.89. The normalized spacial score (nSPS) is 12.9. The summed E-state index contributed by atoms with van der Waals surface area (Å²) < 4.78 is 0. The second-order valence-electron chi connectivity index (χ2n) is 3.14. The van der Waals surface area contributed by atoms with Crippen LogP contribution < -0.4 is 0 Å². The molecular formula is C10H14OS. The number of carbonyl (C=O) groups excluding carboxylic acids is 1. The van der Waals surface area contributed by atoms with Gasteiger partial charge in [0.2, 0.25) is 0 Å². The Balaban J connectivity index is 2.85. The van der Waals surface area contributed by atoms with Crippen molar-refractivity contribution in [1.82, 2.24) is 0 Å². The Morgan fingerprint density at radius 3 is 2.67 bits per heavy atom. The topological polar surface area (TPSA) is 17.1 Å². The molecule has 1 heterocycles. The minimum Gasteiger partial charge on any atom is -0.294 e. The Hall–Kier alpha value is -0.630. The lowest BCUT2D eigenvalue weighted by Gasteiger charge is -2.05. The van der Waals surface area contributed by atoms with Gasteiger partial charge in [-0.05, 0) is 24.3 Å². The van der Waals surface area contributed by atoms with E-state index in [1.165, 1.54) is 0 Å². The number of hydrogen-bond acceptors (Lipinski definition) is 2. The smallest absolute Gasteiger partial charge is 0.166 e. The summed E-state index contributed by atoms with van der Waals surface area (Å²) >= 11 is 1.60. The Bertz CT molecular complexity index is 275. The molecule has 1 unspecified atom stereocenters. The Labute approximate surface area is 77.4 Å². The monoisotopic (exact) mass is 182 g/mol. The highest BCUT2D eigenvalue weighted by atomic mass is 32.1. The van der Waals surface area contributed by atoms with Crippen LogP contribution >= 0.6 is 11.3 Å². The summed E-state index contributed by atoms with van der Waals surface area (Å²) in [6, 6.07) is 0. The number of Topliss-reactive ketones (excluding diaryl/α,β-unsaturated/α-hetero) is 1. The predicted molar refractivity (Wildman–Crippen MR) is 52.8 cm³/mol. The standard InChI is InChI=1S/C10H14OS/c1-4-7(2)10(11)9-6-12-5-8(9)3/h5-7H,4H2,1-3H3. The van der Waals surface area contributed by atoms with E-state index in [-0.39, 0.29) is 11.7 Å². The van der Waals surface area contributed by atoms with Crippen LogP contribution in [-0.4, -0.2) is 5.78 Å². The van der Waals surface area contributed by atoms with Crippen LogP contribution in [0.1, 0.15) is 36.2 Å². The maximum atomic E-state index is 11.7. The fourth-order valence-electron chi connectivity index (χ4n) is 1.06. The summed E-state index contributed by atoms with van der Waals surface area (Å²) in [4.78, 5) is 11.7. The molecule has 66 valence electrons. The summed E-state index contributed by atoms with van der Waals surface area (Å²) in [7, 11) is 0. The number of thiophene rings is 1. The molecule has 1 atom stereocenters. The van der Waals surface area contributed by atoms with Crippen molar-refractivity contribution in [2.24, 2.45) is 5.92 Å². The molecule has 0 N–H and O–H groups in total. The third-order valence-corrected chi connectivity index (χ3v) is 3.04. The molecule has 0 aliphatic heterocycles. The molecule has 0 radical (unpaired) electrons. The number of hydrogen-bond donors (Lipinski definition) is 0. The fraction of sp³-hybridized carbons (Fsp3) is 0.500. The maximum absolute atomic E-state index is 11.7. The van der Waals surface area contributed by atoms with E-state index >= 15 is 0 Å². The van der Waals surface area contributed by atoms with Crippen molar-refractivity contribution in [3.05, 3.63) is 21.9 Å². The zero-order chi connectivity index (χ0) is 9.14. The Morgan fingerprint density at radius 2 is 2.25 bits per heavy atom. The average molecular weight is 182 g/mol. The molecule has 1 aromatic heterocycles. The van der Waals surface area contributed by atoms with Crippen LogP contribution in [0.2, 0.25) is 0 Å². The van der Waals surface area contributed by atoms with Crippen LogP contribution in [0, 0.1) is 12.8 Å².